The van der Waals surface area contributed by atoms with Crippen LogP contribution in [0.2, 0.25) is 0 Å². The van der Waals surface area contributed by atoms with Crippen molar-refractivity contribution < 1.29 is 56.8 Å². The summed E-state index contributed by atoms with van der Waals surface area (Å²) in [7, 11) is 2.99. The SMILES string of the molecule is COC(=O)C1CCC(CSC(C)=O)OC1.CSS(C)(=O)=O.CSSCC1CCC(C(=O)O)CO1.O=C(O)C1CCC(CS)OC1. The predicted molar refractivity (Wildman–Crippen MR) is 186 cm³/mol. The van der Waals surface area contributed by atoms with Gasteiger partial charge in [-0.3, -0.25) is 19.2 Å². The fourth-order valence-electron chi connectivity index (χ4n) is 3.92. The second-order valence-electron chi connectivity index (χ2n) is 10.2. The molecule has 0 bridgehead atoms. The molecule has 0 spiro atoms. The Bertz CT molecular complexity index is 959. The van der Waals surface area contributed by atoms with E-state index < -0.39 is 20.8 Å². The van der Waals surface area contributed by atoms with Crippen LogP contribution < -0.4 is 0 Å². The third-order valence-electron chi connectivity index (χ3n) is 6.69. The van der Waals surface area contributed by atoms with Crippen molar-refractivity contribution in [3.05, 3.63) is 0 Å². The number of rotatable bonds is 10. The molecule has 0 aliphatic carbocycles. The molecule has 3 aliphatic rings. The van der Waals surface area contributed by atoms with E-state index in [1.54, 1.807) is 28.5 Å². The summed E-state index contributed by atoms with van der Waals surface area (Å²) in [6, 6.07) is 0. The summed E-state index contributed by atoms with van der Waals surface area (Å²) >= 11 is 5.35. The lowest BCUT2D eigenvalue weighted by Crippen LogP contribution is -2.32. The number of carboxylic acids is 2. The Kier molecular flexibility index (Phi) is 25.5. The van der Waals surface area contributed by atoms with Gasteiger partial charge < -0.3 is 29.2 Å². The van der Waals surface area contributed by atoms with Gasteiger partial charge in [-0.2, -0.15) is 12.6 Å². The highest BCUT2D eigenvalue weighted by Crippen LogP contribution is 2.26. The maximum absolute atomic E-state index is 11.2. The van der Waals surface area contributed by atoms with Crippen LogP contribution in [0.25, 0.3) is 0 Å². The first-order valence-corrected chi connectivity index (χ1v) is 22.2. The Hall–Kier alpha value is -0.340. The number of carboxylic acid groups (broad SMARTS) is 2. The quantitative estimate of drug-likeness (QED) is 0.164. The van der Waals surface area contributed by atoms with E-state index in [2.05, 4.69) is 17.4 Å². The van der Waals surface area contributed by atoms with E-state index >= 15 is 0 Å². The maximum Gasteiger partial charge on any atom is 0.311 e. The van der Waals surface area contributed by atoms with Crippen LogP contribution in [0.3, 0.4) is 0 Å². The first-order chi connectivity index (χ1) is 21.2. The molecule has 18 heteroatoms. The summed E-state index contributed by atoms with van der Waals surface area (Å²) in [6.07, 6.45) is 10.1. The van der Waals surface area contributed by atoms with Gasteiger partial charge in [0.05, 0.1) is 63.0 Å². The van der Waals surface area contributed by atoms with E-state index in [9.17, 15) is 27.6 Å². The predicted octanol–water partition coefficient (Wildman–Crippen LogP) is 4.22. The summed E-state index contributed by atoms with van der Waals surface area (Å²) in [4.78, 5) is 43.0. The van der Waals surface area contributed by atoms with Crippen molar-refractivity contribution in [2.75, 3.05) is 63.0 Å². The molecule has 0 aromatic heterocycles. The summed E-state index contributed by atoms with van der Waals surface area (Å²) in [5, 5.41) is 17.4. The molecule has 12 nitrogen and oxygen atoms in total. The molecule has 0 amide bonds. The summed E-state index contributed by atoms with van der Waals surface area (Å²) < 4.78 is 40.7. The molecule has 0 radical (unpaired) electrons. The third kappa shape index (κ3) is 22.8. The van der Waals surface area contributed by atoms with Gasteiger partial charge in [-0.05, 0) is 61.8 Å². The number of thioether (sulfide) groups is 1. The maximum atomic E-state index is 11.2. The molecule has 0 saturated carbocycles. The van der Waals surface area contributed by atoms with E-state index in [1.807, 2.05) is 6.26 Å². The monoisotopic (exact) mass is 756 g/mol. The molecule has 2 N–H and O–H groups in total. The second-order valence-corrected chi connectivity index (χ2v) is 18.9. The zero-order valence-electron chi connectivity index (χ0n) is 26.4. The van der Waals surface area contributed by atoms with Crippen molar-refractivity contribution >= 4 is 88.7 Å². The van der Waals surface area contributed by atoms with Gasteiger partial charge in [0.25, 0.3) is 0 Å². The Morgan fingerprint density at radius 2 is 1.22 bits per heavy atom. The number of methoxy groups -OCH3 is 1. The molecule has 3 fully saturated rings. The average Bonchev–Trinajstić information content (AvgIpc) is 3.03. The summed E-state index contributed by atoms with van der Waals surface area (Å²) in [6.45, 7) is 2.69. The molecule has 3 heterocycles. The number of aliphatic carboxylic acids is 2. The van der Waals surface area contributed by atoms with Crippen LogP contribution in [0.5, 0.6) is 0 Å². The molecule has 6 atom stereocenters. The minimum absolute atomic E-state index is 0.0970. The molecular formula is C27H48O12S6. The van der Waals surface area contributed by atoms with Crippen LogP contribution >= 0.6 is 56.8 Å². The van der Waals surface area contributed by atoms with Gasteiger partial charge >= 0.3 is 17.9 Å². The van der Waals surface area contributed by atoms with Crippen molar-refractivity contribution in [1.29, 1.82) is 0 Å². The minimum atomic E-state index is -2.75. The smallest absolute Gasteiger partial charge is 0.311 e. The van der Waals surface area contributed by atoms with Crippen LogP contribution in [0.15, 0.2) is 0 Å². The van der Waals surface area contributed by atoms with Crippen molar-refractivity contribution in [3.63, 3.8) is 0 Å². The van der Waals surface area contributed by atoms with Gasteiger partial charge in [0.1, 0.15) is 0 Å². The largest absolute Gasteiger partial charge is 0.481 e. The first-order valence-electron chi connectivity index (χ1n) is 14.2. The number of ether oxygens (including phenoxy) is 4. The third-order valence-corrected chi connectivity index (χ3v) is 12.3. The second kappa shape index (κ2) is 25.6. The molecule has 3 rings (SSSR count). The van der Waals surface area contributed by atoms with Crippen LogP contribution in [0, 0.1) is 17.8 Å². The number of hydrogen-bond donors (Lipinski definition) is 3. The highest BCUT2D eigenvalue weighted by atomic mass is 33.1. The highest BCUT2D eigenvalue weighted by molar-refractivity contribution is 8.76. The lowest BCUT2D eigenvalue weighted by molar-refractivity contribution is -0.151. The lowest BCUT2D eigenvalue weighted by Gasteiger charge is -2.26. The Balaban J connectivity index is 0.000000598. The number of carbonyl (C=O) groups excluding carboxylic acids is 2. The molecule has 45 heavy (non-hydrogen) atoms. The van der Waals surface area contributed by atoms with Crippen LogP contribution in [-0.2, 0) is 47.0 Å². The molecule has 6 unspecified atom stereocenters. The molecule has 0 aromatic carbocycles. The molecule has 264 valence electrons. The van der Waals surface area contributed by atoms with E-state index in [0.717, 1.165) is 55.1 Å². The zero-order chi connectivity index (χ0) is 34.4. The number of hydrogen-bond acceptors (Lipinski definition) is 15. The van der Waals surface area contributed by atoms with Crippen LogP contribution in [0.4, 0.5) is 0 Å². The molecular weight excluding hydrogens is 709 g/mol. The standard InChI is InChI=1S/C10H16O4S.C8H14O3S2.C7H12O3S.C2H6O2S2/c1-7(11)15-6-9-4-3-8(5-14-9)10(12)13-2;1-12-13-5-7-3-2-6(4-11-7)8(9)10;8-7(9)5-1-2-6(4-11)10-3-5;1-5-6(2,3)4/h8-9H,3-6H2,1-2H3;6-7H,2-5H2,1H3,(H,9,10);5-6,11H,1-4H2,(H,8,9);1-2H3. The van der Waals surface area contributed by atoms with Gasteiger partial charge in [0, 0.05) is 30.4 Å². The fourth-order valence-corrected chi connectivity index (χ4v) is 6.31. The molecule has 3 aliphatic heterocycles. The average molecular weight is 757 g/mol. The van der Waals surface area contributed by atoms with Gasteiger partial charge in [0.2, 0.25) is 0 Å². The zero-order valence-corrected chi connectivity index (χ0v) is 31.4. The summed E-state index contributed by atoms with van der Waals surface area (Å²) in [5.41, 5.74) is 0. The Morgan fingerprint density at radius 1 is 0.800 bits per heavy atom. The highest BCUT2D eigenvalue weighted by Gasteiger charge is 2.28. The van der Waals surface area contributed by atoms with E-state index in [4.69, 9.17) is 24.4 Å². The fraction of sp³-hybridized carbons (Fsp3) is 0.852. The Labute approximate surface area is 288 Å². The van der Waals surface area contributed by atoms with Gasteiger partial charge in [-0.15, -0.1) is 0 Å². The van der Waals surface area contributed by atoms with Crippen LogP contribution in [0.1, 0.15) is 45.4 Å². The first kappa shape index (κ1) is 44.7. The van der Waals surface area contributed by atoms with Crippen molar-refractivity contribution in [1.82, 2.24) is 0 Å². The van der Waals surface area contributed by atoms with E-state index in [0.29, 0.717) is 31.3 Å². The van der Waals surface area contributed by atoms with E-state index in [1.165, 1.54) is 31.4 Å². The van der Waals surface area contributed by atoms with Crippen molar-refractivity contribution in [2.24, 2.45) is 17.8 Å². The minimum Gasteiger partial charge on any atom is -0.481 e. The lowest BCUT2D eigenvalue weighted by atomic mass is 9.99. The summed E-state index contributed by atoms with van der Waals surface area (Å²) in [5.74, 6) is -0.0511. The van der Waals surface area contributed by atoms with Gasteiger partial charge in [-0.1, -0.05) is 33.3 Å². The molecule has 3 saturated heterocycles. The van der Waals surface area contributed by atoms with Crippen molar-refractivity contribution in [3.8, 4) is 0 Å². The van der Waals surface area contributed by atoms with Gasteiger partial charge in [-0.25, -0.2) is 8.42 Å². The van der Waals surface area contributed by atoms with Gasteiger partial charge in [0.15, 0.2) is 14.0 Å². The number of thiol groups is 1. The molecule has 0 aromatic rings. The Morgan fingerprint density at radius 3 is 1.53 bits per heavy atom. The number of esters is 1. The van der Waals surface area contributed by atoms with Crippen LogP contribution in [-0.4, -0.2) is 123 Å². The van der Waals surface area contributed by atoms with Crippen molar-refractivity contribution in [2.45, 2.75) is 63.8 Å². The van der Waals surface area contributed by atoms with E-state index in [-0.39, 0.29) is 47.2 Å². The topological polar surface area (TPSA) is 180 Å². The number of carbonyl (C=O) groups is 4. The normalized spacial score (nSPS) is 26.3.